The Hall–Kier alpha value is -6.26. The van der Waals surface area contributed by atoms with Gasteiger partial charge in [-0.3, -0.25) is 0 Å². The summed E-state index contributed by atoms with van der Waals surface area (Å²) < 4.78 is 0. The van der Waals surface area contributed by atoms with Crippen LogP contribution in [0.3, 0.4) is 0 Å². The average Bonchev–Trinajstić information content (AvgIpc) is 3.97. The van der Waals surface area contributed by atoms with Crippen molar-refractivity contribution in [3.05, 3.63) is 194 Å². The van der Waals surface area contributed by atoms with E-state index in [-0.39, 0.29) is 0 Å². The smallest absolute Gasteiger partial charge is 0.0965 e. The first-order chi connectivity index (χ1) is 28.2. The number of fused-ring (bicyclic) bond motifs is 4. The molecule has 1 aliphatic rings. The Morgan fingerprint density at radius 3 is 1.67 bits per heavy atom. The predicted octanol–water partition coefficient (Wildman–Crippen LogP) is 16.3. The minimum Gasteiger partial charge on any atom is -0.326 e. The first kappa shape index (κ1) is 34.0. The number of thiophene rings is 2. The number of nitrogens with zero attached hydrogens (tertiary/aromatic N) is 1. The van der Waals surface area contributed by atoms with Crippen LogP contribution in [0.2, 0.25) is 0 Å². The van der Waals surface area contributed by atoms with E-state index in [0.717, 1.165) is 0 Å². The summed E-state index contributed by atoms with van der Waals surface area (Å²) in [4.78, 5) is 6.43. The van der Waals surface area contributed by atoms with Gasteiger partial charge >= 0.3 is 0 Å². The molecule has 0 fully saturated rings. The normalized spacial score (nSPS) is 14.2. The Bertz CT molecular complexity index is 3130. The van der Waals surface area contributed by atoms with E-state index in [4.69, 9.17) is 0 Å². The molecule has 1 unspecified atom stereocenters. The van der Waals surface area contributed by atoms with E-state index in [2.05, 4.69) is 199 Å². The number of rotatable bonds is 7. The van der Waals surface area contributed by atoms with Crippen molar-refractivity contribution in [2.75, 3.05) is 4.90 Å². The highest BCUT2D eigenvalue weighted by Crippen LogP contribution is 2.48. The van der Waals surface area contributed by atoms with Crippen molar-refractivity contribution in [2.45, 2.75) is 25.3 Å². The molecule has 0 aliphatic heterocycles. The number of benzene rings is 8. The Balaban J connectivity index is 1.06. The molecule has 272 valence electrons. The monoisotopic (exact) mass is 765 g/mol. The zero-order chi connectivity index (χ0) is 37.7. The summed E-state index contributed by atoms with van der Waals surface area (Å²) in [5.74, 6) is 0. The van der Waals surface area contributed by atoms with E-state index in [1.54, 1.807) is 0 Å². The summed E-state index contributed by atoms with van der Waals surface area (Å²) in [5.41, 5.74) is 7.56. The van der Waals surface area contributed by atoms with E-state index in [9.17, 15) is 0 Å². The molecule has 3 heteroatoms. The van der Waals surface area contributed by atoms with Crippen molar-refractivity contribution in [1.82, 2.24) is 0 Å². The van der Waals surface area contributed by atoms with E-state index < -0.39 is 0 Å². The van der Waals surface area contributed by atoms with Gasteiger partial charge < -0.3 is 4.90 Å². The Labute approximate surface area is 341 Å². The number of allylic oxidation sites excluding steroid dienone is 1. The highest BCUT2D eigenvalue weighted by molar-refractivity contribution is 7.25. The molecule has 2 heterocycles. The van der Waals surface area contributed by atoms with Gasteiger partial charge in [0.1, 0.15) is 0 Å². The fraction of sp³-hybridized carbons (Fsp3) is 0.0741. The first-order valence-corrected chi connectivity index (χ1v) is 21.6. The maximum atomic E-state index is 2.54. The maximum absolute atomic E-state index is 2.54. The van der Waals surface area contributed by atoms with E-state index in [1.807, 2.05) is 22.7 Å². The summed E-state index contributed by atoms with van der Waals surface area (Å²) in [7, 11) is 0. The molecule has 0 N–H and O–H groups in total. The highest BCUT2D eigenvalue weighted by atomic mass is 32.1. The van der Waals surface area contributed by atoms with Crippen LogP contribution in [-0.4, -0.2) is 6.04 Å². The Morgan fingerprint density at radius 1 is 0.421 bits per heavy atom. The van der Waals surface area contributed by atoms with Gasteiger partial charge in [0, 0.05) is 20.3 Å². The molecule has 2 aromatic heterocycles. The largest absolute Gasteiger partial charge is 0.326 e. The molecular formula is C54H39NS2. The minimum absolute atomic E-state index is 0.372. The molecule has 1 atom stereocenters. The molecule has 8 aromatic carbocycles. The molecule has 1 nitrogen and oxygen atoms in total. The summed E-state index contributed by atoms with van der Waals surface area (Å²) >= 11 is 3.79. The van der Waals surface area contributed by atoms with Crippen molar-refractivity contribution in [1.29, 1.82) is 0 Å². The van der Waals surface area contributed by atoms with Crippen LogP contribution >= 0.6 is 22.7 Å². The number of hydrogen-bond acceptors (Lipinski definition) is 3. The number of para-hydroxylation sites is 1. The van der Waals surface area contributed by atoms with Crippen LogP contribution in [0.15, 0.2) is 194 Å². The van der Waals surface area contributed by atoms with E-state index in [0.29, 0.717) is 6.04 Å². The summed E-state index contributed by atoms with van der Waals surface area (Å²) in [5, 5.41) is 11.4. The molecule has 11 rings (SSSR count). The Morgan fingerprint density at radius 2 is 0.982 bits per heavy atom. The SMILES string of the molecule is C1=CC(N(c2ccccc2)c2ccc(-c3ccc(-c4ccc5c(-c6ccc7ccccc7c6)c6ccccc6c(-c6ccc7ccccc7c6)c5c4)s3)s2)CCC1. The van der Waals surface area contributed by atoms with Crippen LogP contribution in [0.4, 0.5) is 10.7 Å². The summed E-state index contributed by atoms with van der Waals surface area (Å²) in [6.07, 6.45) is 8.33. The van der Waals surface area contributed by atoms with Crippen molar-refractivity contribution >= 4 is 76.5 Å². The number of anilines is 2. The lowest BCUT2D eigenvalue weighted by molar-refractivity contribution is 0.633. The van der Waals surface area contributed by atoms with Crippen LogP contribution in [0.25, 0.3) is 85.5 Å². The van der Waals surface area contributed by atoms with Crippen LogP contribution in [0.5, 0.6) is 0 Å². The third-order valence-corrected chi connectivity index (χ3v) is 14.1. The molecule has 10 aromatic rings. The van der Waals surface area contributed by atoms with Gasteiger partial charge in [0.25, 0.3) is 0 Å². The van der Waals surface area contributed by atoms with Crippen molar-refractivity contribution in [3.8, 4) is 42.4 Å². The maximum Gasteiger partial charge on any atom is 0.0965 e. The second-order valence-electron chi connectivity index (χ2n) is 15.1. The lowest BCUT2D eigenvalue weighted by Gasteiger charge is -2.32. The van der Waals surface area contributed by atoms with E-state index in [1.165, 1.54) is 115 Å². The first-order valence-electron chi connectivity index (χ1n) is 19.9. The zero-order valence-corrected chi connectivity index (χ0v) is 33.1. The van der Waals surface area contributed by atoms with Gasteiger partial charge in [-0.15, -0.1) is 22.7 Å². The molecule has 0 saturated heterocycles. The molecule has 0 spiro atoms. The average molecular weight is 766 g/mol. The molecule has 0 bridgehead atoms. The fourth-order valence-electron chi connectivity index (χ4n) is 8.94. The quantitative estimate of drug-likeness (QED) is 0.115. The topological polar surface area (TPSA) is 3.24 Å². The second kappa shape index (κ2) is 14.4. The molecule has 57 heavy (non-hydrogen) atoms. The van der Waals surface area contributed by atoms with Crippen LogP contribution in [0, 0.1) is 0 Å². The van der Waals surface area contributed by atoms with Crippen molar-refractivity contribution in [3.63, 3.8) is 0 Å². The van der Waals surface area contributed by atoms with Crippen molar-refractivity contribution in [2.24, 2.45) is 0 Å². The van der Waals surface area contributed by atoms with Gasteiger partial charge in [-0.1, -0.05) is 140 Å². The second-order valence-corrected chi connectivity index (χ2v) is 17.3. The summed E-state index contributed by atoms with van der Waals surface area (Å²) in [6.45, 7) is 0. The van der Waals surface area contributed by atoms with Gasteiger partial charge in [0.05, 0.1) is 11.0 Å². The lowest BCUT2D eigenvalue weighted by atomic mass is 9.84. The molecule has 0 amide bonds. The van der Waals surface area contributed by atoms with Crippen LogP contribution in [0.1, 0.15) is 19.3 Å². The highest BCUT2D eigenvalue weighted by Gasteiger charge is 2.23. The zero-order valence-electron chi connectivity index (χ0n) is 31.4. The fourth-order valence-corrected chi connectivity index (χ4v) is 11.1. The summed E-state index contributed by atoms with van der Waals surface area (Å²) in [6, 6.07) is 68.0. The van der Waals surface area contributed by atoms with Gasteiger partial charge in [-0.05, 0) is 145 Å². The third-order valence-electron chi connectivity index (χ3n) is 11.7. The van der Waals surface area contributed by atoms with Crippen LogP contribution < -0.4 is 4.90 Å². The minimum atomic E-state index is 0.372. The molecule has 0 saturated carbocycles. The predicted molar refractivity (Wildman–Crippen MR) is 249 cm³/mol. The third kappa shape index (κ3) is 6.15. The van der Waals surface area contributed by atoms with Gasteiger partial charge in [-0.2, -0.15) is 0 Å². The van der Waals surface area contributed by atoms with Gasteiger partial charge in [0.2, 0.25) is 0 Å². The molecule has 1 aliphatic carbocycles. The van der Waals surface area contributed by atoms with Gasteiger partial charge in [0.15, 0.2) is 0 Å². The Kier molecular flexibility index (Phi) is 8.57. The lowest BCUT2D eigenvalue weighted by Crippen LogP contribution is -2.29. The van der Waals surface area contributed by atoms with Gasteiger partial charge in [-0.25, -0.2) is 0 Å². The molecule has 0 radical (unpaired) electrons. The van der Waals surface area contributed by atoms with E-state index >= 15 is 0 Å². The standard InChI is InChI=1S/C54H39NS2/c1-3-17-43(18-4-1)55(44-19-5-2-6-20-44)52-32-31-51(57-52)50-30-29-49(56-50)40-27-28-47-48(35-40)54(42-26-24-37-14-8-10-16-39(37)34-42)46-22-12-11-21-45(46)53(47)41-25-23-36-13-7-9-15-38(36)33-41/h1,3-5,7-19,21-35,44H,2,6,20H2. The number of hydrogen-bond donors (Lipinski definition) is 0. The van der Waals surface area contributed by atoms with Crippen molar-refractivity contribution < 1.29 is 0 Å². The van der Waals surface area contributed by atoms with Crippen LogP contribution in [-0.2, 0) is 0 Å². The molecular weight excluding hydrogens is 727 g/mol.